The lowest BCUT2D eigenvalue weighted by Gasteiger charge is -2.37. The first kappa shape index (κ1) is 16.7. The Morgan fingerprint density at radius 3 is 2.55 bits per heavy atom. The summed E-state index contributed by atoms with van der Waals surface area (Å²) >= 11 is 0. The molecule has 2 amide bonds. The summed E-state index contributed by atoms with van der Waals surface area (Å²) in [5.41, 5.74) is 4.18. The average molecular weight is 295 g/mol. The van der Waals surface area contributed by atoms with Crippen molar-refractivity contribution in [1.29, 1.82) is 0 Å². The van der Waals surface area contributed by atoms with Gasteiger partial charge in [-0.15, -0.1) is 0 Å². The first-order valence-electron chi connectivity index (χ1n) is 6.52. The predicted octanol–water partition coefficient (Wildman–Crippen LogP) is 0.783. The van der Waals surface area contributed by atoms with E-state index >= 15 is 0 Å². The van der Waals surface area contributed by atoms with E-state index in [1.807, 2.05) is 0 Å². The monoisotopic (exact) mass is 295 g/mol. The number of nitrogens with one attached hydrogen (secondary N) is 1. The quantitative estimate of drug-likeness (QED) is 0.787. The van der Waals surface area contributed by atoms with Crippen LogP contribution in [-0.4, -0.2) is 47.6 Å². The van der Waals surface area contributed by atoms with Gasteiger partial charge in [0.25, 0.3) is 0 Å². The Kier molecular flexibility index (Phi) is 5.01. The standard InChI is InChI=1S/C12H20F3N3O2/c1-3-11(2,10(16)20)17-8-5-4-6-18(9(8)19)7-12(13,14)15/h8,17H,3-7H2,1-2H3,(H2,16,20)/t8-,11+/m1/s1. The van der Waals surface area contributed by atoms with Crippen LogP contribution in [0, 0.1) is 0 Å². The van der Waals surface area contributed by atoms with Gasteiger partial charge in [0.2, 0.25) is 11.8 Å². The lowest BCUT2D eigenvalue weighted by molar-refractivity contribution is -0.165. The van der Waals surface area contributed by atoms with Gasteiger partial charge in [-0.2, -0.15) is 13.2 Å². The van der Waals surface area contributed by atoms with Gasteiger partial charge in [-0.1, -0.05) is 6.92 Å². The first-order chi connectivity index (χ1) is 9.09. The summed E-state index contributed by atoms with van der Waals surface area (Å²) in [4.78, 5) is 24.2. The molecule has 1 aliphatic heterocycles. The second kappa shape index (κ2) is 5.99. The van der Waals surface area contributed by atoms with Crippen molar-refractivity contribution in [2.75, 3.05) is 13.1 Å². The van der Waals surface area contributed by atoms with Crippen molar-refractivity contribution in [1.82, 2.24) is 10.2 Å². The number of nitrogens with two attached hydrogens (primary N) is 1. The molecule has 20 heavy (non-hydrogen) atoms. The Balaban J connectivity index is 2.76. The van der Waals surface area contributed by atoms with E-state index in [9.17, 15) is 22.8 Å². The smallest absolute Gasteiger partial charge is 0.368 e. The molecule has 1 heterocycles. The van der Waals surface area contributed by atoms with Crippen LogP contribution in [0.15, 0.2) is 0 Å². The Bertz CT molecular complexity index is 387. The summed E-state index contributed by atoms with van der Waals surface area (Å²) in [6, 6.07) is -0.802. The second-order valence-electron chi connectivity index (χ2n) is 5.26. The number of alkyl halides is 3. The maximum absolute atomic E-state index is 12.4. The van der Waals surface area contributed by atoms with Gasteiger partial charge in [0.1, 0.15) is 6.54 Å². The summed E-state index contributed by atoms with van der Waals surface area (Å²) in [6.45, 7) is 2.09. The molecule has 0 aliphatic carbocycles. The Hall–Kier alpha value is -1.31. The van der Waals surface area contributed by atoms with Crippen LogP contribution in [-0.2, 0) is 9.59 Å². The van der Waals surface area contributed by atoms with Gasteiger partial charge < -0.3 is 10.6 Å². The molecule has 1 saturated heterocycles. The van der Waals surface area contributed by atoms with E-state index in [0.29, 0.717) is 19.3 Å². The van der Waals surface area contributed by atoms with E-state index in [0.717, 1.165) is 4.90 Å². The van der Waals surface area contributed by atoms with Crippen LogP contribution in [0.25, 0.3) is 0 Å². The minimum atomic E-state index is -4.42. The molecular formula is C12H20F3N3O2. The summed E-state index contributed by atoms with van der Waals surface area (Å²) in [6.07, 6.45) is -3.21. The number of carbonyl (C=O) groups excluding carboxylic acids is 2. The molecule has 0 bridgehead atoms. The number of hydrogen-bond acceptors (Lipinski definition) is 3. The number of carbonyl (C=O) groups is 2. The van der Waals surface area contributed by atoms with E-state index < -0.39 is 36.1 Å². The van der Waals surface area contributed by atoms with Crippen molar-refractivity contribution in [3.8, 4) is 0 Å². The molecule has 1 fully saturated rings. The SMILES string of the molecule is CC[C@](C)(N[C@@H]1CCCN(CC(F)(F)F)C1=O)C(N)=O. The predicted molar refractivity (Wildman–Crippen MR) is 66.7 cm³/mol. The van der Waals surface area contributed by atoms with Crippen molar-refractivity contribution in [3.63, 3.8) is 0 Å². The maximum atomic E-state index is 12.4. The van der Waals surface area contributed by atoms with Crippen molar-refractivity contribution in [3.05, 3.63) is 0 Å². The Morgan fingerprint density at radius 2 is 2.10 bits per heavy atom. The van der Waals surface area contributed by atoms with Crippen molar-refractivity contribution in [2.24, 2.45) is 5.73 Å². The van der Waals surface area contributed by atoms with E-state index in [1.165, 1.54) is 0 Å². The zero-order valence-corrected chi connectivity index (χ0v) is 11.6. The molecule has 1 rings (SSSR count). The Morgan fingerprint density at radius 1 is 1.50 bits per heavy atom. The first-order valence-corrected chi connectivity index (χ1v) is 6.52. The molecule has 0 spiro atoms. The topological polar surface area (TPSA) is 75.4 Å². The minimum Gasteiger partial charge on any atom is -0.368 e. The van der Waals surface area contributed by atoms with Gasteiger partial charge >= 0.3 is 6.18 Å². The van der Waals surface area contributed by atoms with E-state index in [4.69, 9.17) is 5.73 Å². The molecule has 0 aromatic rings. The van der Waals surface area contributed by atoms with Gasteiger partial charge in [0, 0.05) is 6.54 Å². The second-order valence-corrected chi connectivity index (χ2v) is 5.26. The Labute approximate surface area is 115 Å². The number of primary amides is 1. The van der Waals surface area contributed by atoms with E-state index in [-0.39, 0.29) is 6.54 Å². The third-order valence-corrected chi connectivity index (χ3v) is 3.64. The highest BCUT2D eigenvalue weighted by Gasteiger charge is 2.40. The van der Waals surface area contributed by atoms with E-state index in [1.54, 1.807) is 13.8 Å². The molecule has 0 saturated carbocycles. The number of halogens is 3. The van der Waals surface area contributed by atoms with Crippen LogP contribution in [0.2, 0.25) is 0 Å². The molecule has 5 nitrogen and oxygen atoms in total. The highest BCUT2D eigenvalue weighted by Crippen LogP contribution is 2.22. The number of piperidine rings is 1. The third-order valence-electron chi connectivity index (χ3n) is 3.64. The largest absolute Gasteiger partial charge is 0.406 e. The van der Waals surface area contributed by atoms with Crippen LogP contribution in [0.5, 0.6) is 0 Å². The summed E-state index contributed by atoms with van der Waals surface area (Å²) in [5.74, 6) is -1.25. The van der Waals surface area contributed by atoms with Crippen molar-refractivity contribution >= 4 is 11.8 Å². The highest BCUT2D eigenvalue weighted by atomic mass is 19.4. The molecule has 116 valence electrons. The van der Waals surface area contributed by atoms with Gasteiger partial charge in [0.05, 0.1) is 11.6 Å². The van der Waals surface area contributed by atoms with Crippen LogP contribution >= 0.6 is 0 Å². The van der Waals surface area contributed by atoms with Gasteiger partial charge in [-0.3, -0.25) is 14.9 Å². The molecule has 1 aliphatic rings. The molecule has 0 aromatic carbocycles. The van der Waals surface area contributed by atoms with Crippen LogP contribution in [0.3, 0.4) is 0 Å². The average Bonchev–Trinajstić information content (AvgIpc) is 2.32. The zero-order chi connectivity index (χ0) is 15.6. The highest BCUT2D eigenvalue weighted by molar-refractivity contribution is 5.87. The maximum Gasteiger partial charge on any atom is 0.406 e. The van der Waals surface area contributed by atoms with Crippen molar-refractivity contribution < 1.29 is 22.8 Å². The number of hydrogen-bond donors (Lipinski definition) is 2. The third kappa shape index (κ3) is 4.09. The van der Waals surface area contributed by atoms with Gasteiger partial charge in [-0.25, -0.2) is 0 Å². The van der Waals surface area contributed by atoms with Crippen LogP contribution in [0.4, 0.5) is 13.2 Å². The summed E-state index contributed by atoms with van der Waals surface area (Å²) < 4.78 is 37.2. The van der Waals surface area contributed by atoms with Gasteiger partial charge in [-0.05, 0) is 26.2 Å². The molecule has 8 heteroatoms. The van der Waals surface area contributed by atoms with Gasteiger partial charge in [0.15, 0.2) is 0 Å². The van der Waals surface area contributed by atoms with E-state index in [2.05, 4.69) is 5.32 Å². The number of amides is 2. The minimum absolute atomic E-state index is 0.0793. The fourth-order valence-corrected chi connectivity index (χ4v) is 2.18. The summed E-state index contributed by atoms with van der Waals surface area (Å²) in [7, 11) is 0. The lowest BCUT2D eigenvalue weighted by atomic mass is 9.94. The van der Waals surface area contributed by atoms with Crippen LogP contribution < -0.4 is 11.1 Å². The zero-order valence-electron chi connectivity index (χ0n) is 11.6. The molecule has 0 radical (unpaired) electrons. The fourth-order valence-electron chi connectivity index (χ4n) is 2.18. The van der Waals surface area contributed by atoms with Crippen LogP contribution in [0.1, 0.15) is 33.1 Å². The fraction of sp³-hybridized carbons (Fsp3) is 0.833. The lowest BCUT2D eigenvalue weighted by Crippen LogP contribution is -2.62. The summed E-state index contributed by atoms with van der Waals surface area (Å²) in [5, 5.41) is 2.81. The van der Waals surface area contributed by atoms with Crippen molar-refractivity contribution in [2.45, 2.75) is 50.9 Å². The number of nitrogens with zero attached hydrogens (tertiary/aromatic N) is 1. The number of likely N-dealkylation sites (tertiary alicyclic amines) is 1. The number of rotatable bonds is 5. The molecule has 0 aromatic heterocycles. The molecule has 2 atom stereocenters. The normalized spacial score (nSPS) is 23.6. The molecular weight excluding hydrogens is 275 g/mol. The molecule has 0 unspecified atom stereocenters. The molecule has 3 N–H and O–H groups in total.